The van der Waals surface area contributed by atoms with Crippen LogP contribution < -0.4 is 4.90 Å². The number of aromatic nitrogens is 2. The summed E-state index contributed by atoms with van der Waals surface area (Å²) >= 11 is 6.24. The number of piperazine rings is 1. The van der Waals surface area contributed by atoms with Crippen molar-refractivity contribution in [2.75, 3.05) is 31.1 Å². The zero-order chi connectivity index (χ0) is 17.3. The molecule has 0 N–H and O–H groups in total. The summed E-state index contributed by atoms with van der Waals surface area (Å²) in [6.07, 6.45) is 1.78. The van der Waals surface area contributed by atoms with Gasteiger partial charge in [-0.25, -0.2) is 4.98 Å². The van der Waals surface area contributed by atoms with Crippen LogP contribution in [0.5, 0.6) is 0 Å². The molecule has 6 heteroatoms. The summed E-state index contributed by atoms with van der Waals surface area (Å²) in [4.78, 5) is 20.7. The molecule has 2 aromatic rings. The Morgan fingerprint density at radius 3 is 2.58 bits per heavy atom. The summed E-state index contributed by atoms with van der Waals surface area (Å²) in [7, 11) is 1.95. The number of hydrogen-bond acceptors (Lipinski definition) is 4. The fourth-order valence-electron chi connectivity index (χ4n) is 3.23. The molecule has 3 rings (SSSR count). The average Bonchev–Trinajstić information content (AvgIpc) is 2.85. The monoisotopic (exact) mass is 346 g/mol. The normalized spacial score (nSPS) is 15.8. The standard InChI is InChI=1S/C18H23ClN4O/c1-13-15(11-17(14(2)24)21(13)3)12-22-7-9-23(10-8-22)18-16(19)5-4-6-20-18/h4-6,11H,7-10,12H2,1-3H3. The maximum absolute atomic E-state index is 11.7. The minimum Gasteiger partial charge on any atom is -0.353 e. The predicted molar refractivity (Wildman–Crippen MR) is 96.9 cm³/mol. The number of carbonyl (C=O) groups is 1. The molecule has 1 aliphatic heterocycles. The van der Waals surface area contributed by atoms with Crippen LogP contribution in [0, 0.1) is 6.92 Å². The van der Waals surface area contributed by atoms with Crippen molar-refractivity contribution >= 4 is 23.2 Å². The molecular weight excluding hydrogens is 324 g/mol. The predicted octanol–water partition coefficient (Wildman–Crippen LogP) is 2.91. The Kier molecular flexibility index (Phi) is 4.92. The smallest absolute Gasteiger partial charge is 0.176 e. The first-order chi connectivity index (χ1) is 11.5. The van der Waals surface area contributed by atoms with Crippen molar-refractivity contribution in [1.29, 1.82) is 0 Å². The van der Waals surface area contributed by atoms with Crippen LogP contribution in [-0.4, -0.2) is 46.4 Å². The van der Waals surface area contributed by atoms with E-state index in [0.717, 1.165) is 49.9 Å². The number of halogens is 1. The van der Waals surface area contributed by atoms with E-state index in [-0.39, 0.29) is 5.78 Å². The van der Waals surface area contributed by atoms with Gasteiger partial charge in [-0.3, -0.25) is 9.69 Å². The minimum absolute atomic E-state index is 0.112. The van der Waals surface area contributed by atoms with Crippen LogP contribution in [0.1, 0.15) is 28.7 Å². The molecule has 2 aromatic heterocycles. The van der Waals surface area contributed by atoms with E-state index in [0.29, 0.717) is 5.02 Å². The maximum atomic E-state index is 11.7. The number of rotatable bonds is 4. The van der Waals surface area contributed by atoms with Gasteiger partial charge in [0.1, 0.15) is 5.82 Å². The van der Waals surface area contributed by atoms with Gasteiger partial charge < -0.3 is 9.47 Å². The van der Waals surface area contributed by atoms with Crippen molar-refractivity contribution in [2.24, 2.45) is 7.05 Å². The van der Waals surface area contributed by atoms with Crippen molar-refractivity contribution in [3.8, 4) is 0 Å². The number of nitrogens with zero attached hydrogens (tertiary/aromatic N) is 4. The largest absolute Gasteiger partial charge is 0.353 e. The molecule has 5 nitrogen and oxygen atoms in total. The lowest BCUT2D eigenvalue weighted by molar-refractivity contribution is 0.101. The highest BCUT2D eigenvalue weighted by Gasteiger charge is 2.21. The molecule has 24 heavy (non-hydrogen) atoms. The quantitative estimate of drug-likeness (QED) is 0.798. The second-order valence-corrected chi connectivity index (χ2v) is 6.73. The maximum Gasteiger partial charge on any atom is 0.176 e. The molecular formula is C18H23ClN4O. The zero-order valence-electron chi connectivity index (χ0n) is 14.4. The van der Waals surface area contributed by atoms with Gasteiger partial charge in [0, 0.05) is 58.6 Å². The first-order valence-corrected chi connectivity index (χ1v) is 8.59. The van der Waals surface area contributed by atoms with Crippen LogP contribution in [-0.2, 0) is 13.6 Å². The topological polar surface area (TPSA) is 41.4 Å². The van der Waals surface area contributed by atoms with Gasteiger partial charge in [-0.05, 0) is 30.7 Å². The number of Topliss-reactive ketones (excluding diaryl/α,β-unsaturated/α-hetero) is 1. The molecule has 0 aromatic carbocycles. The molecule has 0 bridgehead atoms. The van der Waals surface area contributed by atoms with Crippen LogP contribution in [0.15, 0.2) is 24.4 Å². The van der Waals surface area contributed by atoms with Gasteiger partial charge in [0.05, 0.1) is 10.7 Å². The minimum atomic E-state index is 0.112. The van der Waals surface area contributed by atoms with E-state index < -0.39 is 0 Å². The molecule has 0 unspecified atom stereocenters. The average molecular weight is 347 g/mol. The van der Waals surface area contributed by atoms with Gasteiger partial charge in [-0.15, -0.1) is 0 Å². The first kappa shape index (κ1) is 17.0. The SMILES string of the molecule is CC(=O)c1cc(CN2CCN(c3ncccc3Cl)CC2)c(C)n1C. The van der Waals surface area contributed by atoms with Crippen LogP contribution in [0.3, 0.4) is 0 Å². The summed E-state index contributed by atoms with van der Waals surface area (Å²) in [5.41, 5.74) is 3.17. The van der Waals surface area contributed by atoms with Crippen LogP contribution in [0.4, 0.5) is 5.82 Å². The Morgan fingerprint density at radius 2 is 2.00 bits per heavy atom. The lowest BCUT2D eigenvalue weighted by Gasteiger charge is -2.35. The second kappa shape index (κ2) is 6.95. The second-order valence-electron chi connectivity index (χ2n) is 6.33. The fourth-order valence-corrected chi connectivity index (χ4v) is 3.47. The van der Waals surface area contributed by atoms with E-state index in [1.807, 2.05) is 29.8 Å². The van der Waals surface area contributed by atoms with Crippen LogP contribution >= 0.6 is 11.6 Å². The fraction of sp³-hybridized carbons (Fsp3) is 0.444. The zero-order valence-corrected chi connectivity index (χ0v) is 15.2. The molecule has 128 valence electrons. The number of anilines is 1. The molecule has 0 saturated carbocycles. The number of hydrogen-bond donors (Lipinski definition) is 0. The van der Waals surface area contributed by atoms with Gasteiger partial charge in [0.25, 0.3) is 0 Å². The lowest BCUT2D eigenvalue weighted by atomic mass is 10.2. The van der Waals surface area contributed by atoms with Gasteiger partial charge in [-0.1, -0.05) is 11.6 Å². The summed E-state index contributed by atoms with van der Waals surface area (Å²) in [5, 5.41) is 0.705. The van der Waals surface area contributed by atoms with E-state index in [9.17, 15) is 4.79 Å². The summed E-state index contributed by atoms with van der Waals surface area (Å²) in [6, 6.07) is 5.76. The van der Waals surface area contributed by atoms with Crippen molar-refractivity contribution < 1.29 is 4.79 Å². The van der Waals surface area contributed by atoms with Crippen LogP contribution in [0.25, 0.3) is 0 Å². The van der Waals surface area contributed by atoms with Gasteiger partial charge in [0.2, 0.25) is 0 Å². The van der Waals surface area contributed by atoms with E-state index in [1.165, 1.54) is 5.56 Å². The van der Waals surface area contributed by atoms with Gasteiger partial charge in [0.15, 0.2) is 5.78 Å². The first-order valence-electron chi connectivity index (χ1n) is 8.21. The highest BCUT2D eigenvalue weighted by atomic mass is 35.5. The summed E-state index contributed by atoms with van der Waals surface area (Å²) in [5.74, 6) is 0.982. The van der Waals surface area contributed by atoms with E-state index in [4.69, 9.17) is 11.6 Å². The lowest BCUT2D eigenvalue weighted by Crippen LogP contribution is -2.46. The Balaban J connectivity index is 1.65. The van der Waals surface area contributed by atoms with Crippen molar-refractivity contribution in [3.05, 3.63) is 46.4 Å². The number of ketones is 1. The van der Waals surface area contributed by atoms with E-state index in [1.54, 1.807) is 13.1 Å². The molecule has 1 saturated heterocycles. The molecule has 1 aliphatic rings. The van der Waals surface area contributed by atoms with Gasteiger partial charge >= 0.3 is 0 Å². The van der Waals surface area contributed by atoms with E-state index in [2.05, 4.69) is 21.7 Å². The van der Waals surface area contributed by atoms with Crippen molar-refractivity contribution in [1.82, 2.24) is 14.5 Å². The van der Waals surface area contributed by atoms with E-state index >= 15 is 0 Å². The third-order valence-corrected chi connectivity index (χ3v) is 5.10. The van der Waals surface area contributed by atoms with Crippen molar-refractivity contribution in [3.63, 3.8) is 0 Å². The molecule has 3 heterocycles. The Morgan fingerprint density at radius 1 is 1.29 bits per heavy atom. The Bertz CT molecular complexity index is 747. The molecule has 0 amide bonds. The summed E-state index contributed by atoms with van der Waals surface area (Å²) < 4.78 is 1.99. The highest BCUT2D eigenvalue weighted by Crippen LogP contribution is 2.24. The Hall–Kier alpha value is -1.85. The molecule has 0 aliphatic carbocycles. The molecule has 0 spiro atoms. The highest BCUT2D eigenvalue weighted by molar-refractivity contribution is 6.32. The van der Waals surface area contributed by atoms with Gasteiger partial charge in [-0.2, -0.15) is 0 Å². The molecule has 0 atom stereocenters. The molecule has 0 radical (unpaired) electrons. The number of pyridine rings is 1. The third kappa shape index (κ3) is 3.32. The van der Waals surface area contributed by atoms with Crippen LogP contribution in [0.2, 0.25) is 5.02 Å². The molecule has 1 fully saturated rings. The third-order valence-electron chi connectivity index (χ3n) is 4.81. The summed E-state index contributed by atoms with van der Waals surface area (Å²) in [6.45, 7) is 8.29. The Labute approximate surface area is 147 Å². The number of carbonyl (C=O) groups excluding carboxylic acids is 1. The van der Waals surface area contributed by atoms with Crippen molar-refractivity contribution in [2.45, 2.75) is 20.4 Å².